The zero-order valence-electron chi connectivity index (χ0n) is 10.4. The molecule has 0 aliphatic heterocycles. The van der Waals surface area contributed by atoms with Crippen LogP contribution in [0, 0.1) is 17.1 Å². The van der Waals surface area contributed by atoms with Crippen molar-refractivity contribution in [2.45, 2.75) is 6.54 Å². The van der Waals surface area contributed by atoms with E-state index in [1.165, 1.54) is 6.07 Å². The third-order valence-corrected chi connectivity index (χ3v) is 3.15. The minimum atomic E-state index is -0.396. The predicted octanol–water partition coefficient (Wildman–Crippen LogP) is 3.99. The third-order valence-electron chi connectivity index (χ3n) is 2.86. The molecule has 2 nitrogen and oxygen atoms in total. The van der Waals surface area contributed by atoms with Gasteiger partial charge in [-0.3, -0.25) is 0 Å². The van der Waals surface area contributed by atoms with Gasteiger partial charge in [0, 0.05) is 24.8 Å². The van der Waals surface area contributed by atoms with Gasteiger partial charge in [0.05, 0.1) is 16.7 Å². The van der Waals surface area contributed by atoms with Crippen molar-refractivity contribution in [3.63, 3.8) is 0 Å². The van der Waals surface area contributed by atoms with E-state index in [2.05, 4.69) is 6.07 Å². The summed E-state index contributed by atoms with van der Waals surface area (Å²) in [5.74, 6) is -0.396. The van der Waals surface area contributed by atoms with Gasteiger partial charge in [-0.15, -0.1) is 0 Å². The van der Waals surface area contributed by atoms with Crippen LogP contribution >= 0.6 is 11.6 Å². The lowest BCUT2D eigenvalue weighted by molar-refractivity contribution is 0.608. The van der Waals surface area contributed by atoms with Crippen LogP contribution < -0.4 is 4.90 Å². The van der Waals surface area contributed by atoms with Gasteiger partial charge >= 0.3 is 0 Å². The van der Waals surface area contributed by atoms with E-state index in [1.807, 2.05) is 18.0 Å². The van der Waals surface area contributed by atoms with Crippen molar-refractivity contribution in [1.82, 2.24) is 0 Å². The van der Waals surface area contributed by atoms with Gasteiger partial charge in [-0.25, -0.2) is 4.39 Å². The number of anilines is 1. The Morgan fingerprint density at radius 2 is 2.00 bits per heavy atom. The van der Waals surface area contributed by atoms with E-state index >= 15 is 0 Å². The van der Waals surface area contributed by atoms with Crippen LogP contribution in [0.3, 0.4) is 0 Å². The molecular weight excluding hydrogens is 263 g/mol. The standard InChI is InChI=1S/C15H12ClFN2/c1-19(13-6-2-4-11(8-13)9-18)10-12-5-3-7-14(16)15(12)17/h2-8H,10H2,1H3. The summed E-state index contributed by atoms with van der Waals surface area (Å²) in [6, 6.07) is 14.2. The van der Waals surface area contributed by atoms with Gasteiger partial charge < -0.3 is 4.90 Å². The molecule has 0 spiro atoms. The fourth-order valence-electron chi connectivity index (χ4n) is 1.83. The van der Waals surface area contributed by atoms with Gasteiger partial charge in [-0.2, -0.15) is 5.26 Å². The quantitative estimate of drug-likeness (QED) is 0.846. The maximum atomic E-state index is 13.8. The molecular formula is C15H12ClFN2. The lowest BCUT2D eigenvalue weighted by Gasteiger charge is -2.20. The SMILES string of the molecule is CN(Cc1cccc(Cl)c1F)c1cccc(C#N)c1. The summed E-state index contributed by atoms with van der Waals surface area (Å²) in [7, 11) is 1.84. The van der Waals surface area contributed by atoms with Crippen molar-refractivity contribution in [2.75, 3.05) is 11.9 Å². The molecule has 0 heterocycles. The second-order valence-corrected chi connectivity index (χ2v) is 4.64. The van der Waals surface area contributed by atoms with Crippen molar-refractivity contribution < 1.29 is 4.39 Å². The van der Waals surface area contributed by atoms with Crippen LogP contribution in [0.2, 0.25) is 5.02 Å². The lowest BCUT2D eigenvalue weighted by atomic mass is 10.1. The van der Waals surface area contributed by atoms with Crippen LogP contribution in [0.5, 0.6) is 0 Å². The molecule has 19 heavy (non-hydrogen) atoms. The molecule has 0 saturated heterocycles. The van der Waals surface area contributed by atoms with E-state index in [-0.39, 0.29) is 5.02 Å². The molecule has 2 aromatic rings. The van der Waals surface area contributed by atoms with Crippen molar-refractivity contribution in [3.05, 3.63) is 64.4 Å². The highest BCUT2D eigenvalue weighted by Gasteiger charge is 2.09. The van der Waals surface area contributed by atoms with Crippen LogP contribution in [-0.2, 0) is 6.54 Å². The summed E-state index contributed by atoms with van der Waals surface area (Å²) in [5, 5.41) is 8.99. The lowest BCUT2D eigenvalue weighted by Crippen LogP contribution is -2.17. The largest absolute Gasteiger partial charge is 0.370 e. The van der Waals surface area contributed by atoms with E-state index in [1.54, 1.807) is 30.3 Å². The van der Waals surface area contributed by atoms with Crippen molar-refractivity contribution >= 4 is 17.3 Å². The Morgan fingerprint density at radius 3 is 2.74 bits per heavy atom. The first kappa shape index (κ1) is 13.4. The first-order valence-corrected chi connectivity index (χ1v) is 6.14. The molecule has 0 atom stereocenters. The van der Waals surface area contributed by atoms with Gasteiger partial charge in [0.15, 0.2) is 0 Å². The van der Waals surface area contributed by atoms with E-state index in [0.29, 0.717) is 17.7 Å². The Morgan fingerprint density at radius 1 is 1.26 bits per heavy atom. The van der Waals surface area contributed by atoms with Crippen molar-refractivity contribution in [1.29, 1.82) is 5.26 Å². The second kappa shape index (κ2) is 5.73. The smallest absolute Gasteiger partial charge is 0.146 e. The Kier molecular flexibility index (Phi) is 4.03. The molecule has 0 aliphatic carbocycles. The van der Waals surface area contributed by atoms with Crippen LogP contribution in [-0.4, -0.2) is 7.05 Å². The fraction of sp³-hybridized carbons (Fsp3) is 0.133. The highest BCUT2D eigenvalue weighted by atomic mass is 35.5. The van der Waals surface area contributed by atoms with E-state index in [4.69, 9.17) is 16.9 Å². The zero-order chi connectivity index (χ0) is 13.8. The topological polar surface area (TPSA) is 27.0 Å². The first-order chi connectivity index (χ1) is 9.11. The summed E-state index contributed by atoms with van der Waals surface area (Å²) in [6.45, 7) is 0.390. The highest BCUT2D eigenvalue weighted by molar-refractivity contribution is 6.30. The molecule has 0 bridgehead atoms. The molecule has 0 N–H and O–H groups in total. The number of nitriles is 1. The van der Waals surface area contributed by atoms with Gasteiger partial charge in [0.25, 0.3) is 0 Å². The molecule has 0 amide bonds. The number of benzene rings is 2. The summed E-state index contributed by atoms with van der Waals surface area (Å²) < 4.78 is 13.8. The Hall–Kier alpha value is -2.05. The number of hydrogen-bond donors (Lipinski definition) is 0. The molecule has 0 saturated carbocycles. The molecule has 0 aromatic heterocycles. The second-order valence-electron chi connectivity index (χ2n) is 4.23. The maximum Gasteiger partial charge on any atom is 0.146 e. The molecule has 2 rings (SSSR count). The number of nitrogens with zero attached hydrogens (tertiary/aromatic N) is 2. The molecule has 0 unspecified atom stereocenters. The Balaban J connectivity index is 2.23. The van der Waals surface area contributed by atoms with E-state index in [9.17, 15) is 4.39 Å². The maximum absolute atomic E-state index is 13.8. The highest BCUT2D eigenvalue weighted by Crippen LogP contribution is 2.22. The summed E-state index contributed by atoms with van der Waals surface area (Å²) >= 11 is 5.75. The fourth-order valence-corrected chi connectivity index (χ4v) is 2.02. The third kappa shape index (κ3) is 3.04. The van der Waals surface area contributed by atoms with E-state index < -0.39 is 5.82 Å². The van der Waals surface area contributed by atoms with Crippen LogP contribution in [0.4, 0.5) is 10.1 Å². The Bertz CT molecular complexity index is 634. The minimum Gasteiger partial charge on any atom is -0.370 e. The molecule has 4 heteroatoms. The van der Waals surface area contributed by atoms with Crippen LogP contribution in [0.15, 0.2) is 42.5 Å². The Labute approximate surface area is 116 Å². The van der Waals surface area contributed by atoms with E-state index in [0.717, 1.165) is 5.69 Å². The average molecular weight is 275 g/mol. The van der Waals surface area contributed by atoms with Gasteiger partial charge in [0.1, 0.15) is 5.82 Å². The average Bonchev–Trinajstić information content (AvgIpc) is 2.44. The summed E-state index contributed by atoms with van der Waals surface area (Å²) in [4.78, 5) is 1.87. The molecule has 0 fully saturated rings. The molecule has 96 valence electrons. The molecule has 0 radical (unpaired) electrons. The molecule has 0 aliphatic rings. The minimum absolute atomic E-state index is 0.122. The van der Waals surface area contributed by atoms with Crippen molar-refractivity contribution in [3.8, 4) is 6.07 Å². The first-order valence-electron chi connectivity index (χ1n) is 5.76. The monoisotopic (exact) mass is 274 g/mol. The molecule has 2 aromatic carbocycles. The number of rotatable bonds is 3. The number of hydrogen-bond acceptors (Lipinski definition) is 2. The van der Waals surface area contributed by atoms with Gasteiger partial charge in [0.2, 0.25) is 0 Å². The zero-order valence-corrected chi connectivity index (χ0v) is 11.2. The van der Waals surface area contributed by atoms with Crippen LogP contribution in [0.1, 0.15) is 11.1 Å². The van der Waals surface area contributed by atoms with Crippen molar-refractivity contribution in [2.24, 2.45) is 0 Å². The predicted molar refractivity (Wildman–Crippen MR) is 74.7 cm³/mol. The van der Waals surface area contributed by atoms with Crippen LogP contribution in [0.25, 0.3) is 0 Å². The number of halogens is 2. The normalized spacial score (nSPS) is 10.0. The summed E-state index contributed by atoms with van der Waals surface area (Å²) in [6.07, 6.45) is 0. The van der Waals surface area contributed by atoms with Gasteiger partial charge in [-0.1, -0.05) is 29.8 Å². The summed E-state index contributed by atoms with van der Waals surface area (Å²) in [5.41, 5.74) is 1.96. The van der Waals surface area contributed by atoms with Gasteiger partial charge in [-0.05, 0) is 24.3 Å².